The molecular formula is C4H3BIO3P. The Morgan fingerprint density at radius 1 is 1.70 bits per heavy atom. The quantitative estimate of drug-likeness (QED) is 0.231. The van der Waals surface area contributed by atoms with Gasteiger partial charge >= 0.3 is 11.9 Å². The molecule has 1 fully saturated rings. The minimum absolute atomic E-state index is 0.157. The lowest BCUT2D eigenvalue weighted by Crippen LogP contribution is -2.09. The van der Waals surface area contributed by atoms with E-state index in [1.165, 1.54) is 0 Å². The van der Waals surface area contributed by atoms with Crippen LogP contribution in [0.15, 0.2) is 0 Å². The zero-order chi connectivity index (χ0) is 7.72. The summed E-state index contributed by atoms with van der Waals surface area (Å²) in [4.78, 5) is 21.2. The minimum atomic E-state index is -0.893. The Hall–Kier alpha value is 0.365. The molecule has 1 aliphatic heterocycles. The molecule has 0 aromatic heterocycles. The van der Waals surface area contributed by atoms with Crippen LogP contribution < -0.4 is 0 Å². The van der Waals surface area contributed by atoms with Gasteiger partial charge in [0.2, 0.25) is 0 Å². The van der Waals surface area contributed by atoms with Crippen molar-refractivity contribution >= 4 is 47.0 Å². The average molecular weight is 268 g/mol. The van der Waals surface area contributed by atoms with Crippen LogP contribution in [0.1, 0.15) is 6.42 Å². The summed E-state index contributed by atoms with van der Waals surface area (Å²) in [7, 11) is 5.45. The molecule has 52 valence electrons. The van der Waals surface area contributed by atoms with Gasteiger partial charge in [0, 0.05) is 0 Å². The summed E-state index contributed by atoms with van der Waals surface area (Å²) in [6.45, 7) is 0. The van der Waals surface area contributed by atoms with Crippen molar-refractivity contribution in [3.05, 3.63) is 0 Å². The summed E-state index contributed by atoms with van der Waals surface area (Å²) in [6, 6.07) is 0. The molecule has 1 rings (SSSR count). The van der Waals surface area contributed by atoms with Gasteiger partial charge in [0.15, 0.2) is 0 Å². The molecule has 1 aliphatic rings. The summed E-state index contributed by atoms with van der Waals surface area (Å²) in [5.41, 5.74) is -1.27. The molecule has 1 heterocycles. The predicted octanol–water partition coefficient (Wildman–Crippen LogP) is 0.744. The number of halogens is 1. The molecule has 0 aliphatic carbocycles. The predicted molar refractivity (Wildman–Crippen MR) is 46.2 cm³/mol. The minimum Gasteiger partial charge on any atom is -0.393 e. The number of cyclic esters (lactones) is 2. The Bertz CT molecular complexity index is 183. The van der Waals surface area contributed by atoms with Crippen LogP contribution in [0, 0.1) is 0 Å². The summed E-state index contributed by atoms with van der Waals surface area (Å²) in [5, 5.41) is 0. The fraction of sp³-hybridized carbons (Fsp3) is 0.500. The van der Waals surface area contributed by atoms with Crippen molar-refractivity contribution in [2.45, 2.75) is 12.1 Å². The van der Waals surface area contributed by atoms with E-state index in [1.54, 1.807) is 0 Å². The van der Waals surface area contributed by atoms with Gasteiger partial charge < -0.3 is 4.74 Å². The van der Waals surface area contributed by atoms with Crippen LogP contribution in [0.4, 0.5) is 0 Å². The van der Waals surface area contributed by atoms with Gasteiger partial charge in [-0.2, -0.15) is 0 Å². The molecule has 0 saturated carbocycles. The molecule has 6 heteroatoms. The highest BCUT2D eigenvalue weighted by molar-refractivity contribution is 14.2. The van der Waals surface area contributed by atoms with Crippen LogP contribution in [-0.2, 0) is 14.3 Å². The molecule has 2 atom stereocenters. The summed E-state index contributed by atoms with van der Waals surface area (Å²) in [5.74, 6) is -0.919. The van der Waals surface area contributed by atoms with Crippen molar-refractivity contribution in [1.82, 2.24) is 0 Å². The van der Waals surface area contributed by atoms with Crippen molar-refractivity contribution in [3.63, 3.8) is 0 Å². The molecule has 3 nitrogen and oxygen atoms in total. The second kappa shape index (κ2) is 3.18. The summed E-state index contributed by atoms with van der Waals surface area (Å²) < 4.78 is 4.29. The van der Waals surface area contributed by atoms with Gasteiger partial charge in [-0.3, -0.25) is 9.59 Å². The topological polar surface area (TPSA) is 43.4 Å². The van der Waals surface area contributed by atoms with E-state index in [1.807, 2.05) is 22.0 Å². The normalized spacial score (nSPS) is 28.3. The Labute approximate surface area is 73.5 Å². The first-order chi connectivity index (χ1) is 4.61. The SMILES string of the molecule is [B]P(I)C1CC(=O)OC1=O. The van der Waals surface area contributed by atoms with Crippen LogP contribution in [0.3, 0.4) is 0 Å². The summed E-state index contributed by atoms with van der Waals surface area (Å²) >= 11 is 1.96. The molecule has 10 heavy (non-hydrogen) atoms. The van der Waals surface area contributed by atoms with Crippen molar-refractivity contribution in [2.24, 2.45) is 0 Å². The fourth-order valence-corrected chi connectivity index (χ4v) is 2.50. The second-order valence-corrected chi connectivity index (χ2v) is 6.51. The van der Waals surface area contributed by atoms with Gasteiger partial charge in [-0.25, -0.2) is 0 Å². The molecule has 1 saturated heterocycles. The van der Waals surface area contributed by atoms with Crippen molar-refractivity contribution in [1.29, 1.82) is 0 Å². The van der Waals surface area contributed by atoms with E-state index in [2.05, 4.69) is 4.74 Å². The third-order valence-corrected chi connectivity index (χ3v) is 4.15. The largest absolute Gasteiger partial charge is 0.393 e. The van der Waals surface area contributed by atoms with E-state index in [9.17, 15) is 9.59 Å². The smallest absolute Gasteiger partial charge is 0.321 e. The van der Waals surface area contributed by atoms with Gasteiger partial charge in [-0.1, -0.05) is 27.5 Å². The number of hydrogen-bond donors (Lipinski definition) is 0. The maximum absolute atomic E-state index is 10.7. The fourth-order valence-electron chi connectivity index (χ4n) is 0.651. The molecule has 0 bridgehead atoms. The van der Waals surface area contributed by atoms with E-state index >= 15 is 0 Å². The van der Waals surface area contributed by atoms with Crippen LogP contribution in [0.25, 0.3) is 0 Å². The van der Waals surface area contributed by atoms with Gasteiger partial charge in [-0.05, 0) is 0 Å². The third kappa shape index (κ3) is 1.69. The number of carbonyl (C=O) groups is 2. The van der Waals surface area contributed by atoms with Crippen LogP contribution in [0.5, 0.6) is 0 Å². The standard InChI is InChI=1S/C4H3BIO3P/c5-10(6)2-1-3(7)9-4(2)8/h2H,1H2. The van der Waals surface area contributed by atoms with Gasteiger partial charge in [0.25, 0.3) is 0 Å². The highest BCUT2D eigenvalue weighted by Crippen LogP contribution is 2.48. The molecule has 0 aromatic carbocycles. The lowest BCUT2D eigenvalue weighted by atomic mass is 10.3. The molecule has 0 spiro atoms. The Morgan fingerprint density at radius 2 is 2.30 bits per heavy atom. The van der Waals surface area contributed by atoms with Crippen LogP contribution in [-0.4, -0.2) is 25.2 Å². The zero-order valence-corrected chi connectivity index (χ0v) is 7.96. The molecular weight excluding hydrogens is 265 g/mol. The highest BCUT2D eigenvalue weighted by Gasteiger charge is 2.35. The van der Waals surface area contributed by atoms with Crippen LogP contribution in [0.2, 0.25) is 0 Å². The zero-order valence-electron chi connectivity index (χ0n) is 4.91. The van der Waals surface area contributed by atoms with E-state index in [0.29, 0.717) is 0 Å². The second-order valence-electron chi connectivity index (χ2n) is 1.86. The molecule has 2 radical (unpaired) electrons. The first kappa shape index (κ1) is 8.46. The molecule has 0 amide bonds. The van der Waals surface area contributed by atoms with Crippen molar-refractivity contribution in [2.75, 3.05) is 0 Å². The molecule has 0 N–H and O–H groups in total. The highest BCUT2D eigenvalue weighted by atomic mass is 127. The van der Waals surface area contributed by atoms with Gasteiger partial charge in [0.1, 0.15) is 7.57 Å². The lowest BCUT2D eigenvalue weighted by Gasteiger charge is -2.05. The average Bonchev–Trinajstić information content (AvgIpc) is 2.10. The maximum Gasteiger partial charge on any atom is 0.321 e. The number of esters is 2. The number of rotatable bonds is 1. The van der Waals surface area contributed by atoms with Crippen LogP contribution >= 0.6 is 27.5 Å². The lowest BCUT2D eigenvalue weighted by molar-refractivity contribution is -0.151. The number of carbonyl (C=O) groups excluding carboxylic acids is 2. The number of hydrogen-bond acceptors (Lipinski definition) is 3. The van der Waals surface area contributed by atoms with Gasteiger partial charge in [-0.15, -0.1) is 0 Å². The Morgan fingerprint density at radius 3 is 2.50 bits per heavy atom. The Balaban J connectivity index is 2.63. The van der Waals surface area contributed by atoms with E-state index in [4.69, 9.17) is 7.57 Å². The third-order valence-electron chi connectivity index (χ3n) is 1.14. The Kier molecular flexibility index (Phi) is 2.69. The first-order valence-electron chi connectivity index (χ1n) is 2.55. The molecule has 0 aromatic rings. The van der Waals surface area contributed by atoms with E-state index in [0.717, 1.165) is 0 Å². The van der Waals surface area contributed by atoms with Gasteiger partial charge in [0.05, 0.1) is 12.1 Å². The van der Waals surface area contributed by atoms with Crippen molar-refractivity contribution in [3.8, 4) is 0 Å². The maximum atomic E-state index is 10.7. The first-order valence-corrected chi connectivity index (χ1v) is 6.82. The monoisotopic (exact) mass is 268 g/mol. The van der Waals surface area contributed by atoms with E-state index in [-0.39, 0.29) is 12.1 Å². The molecule has 2 unspecified atom stereocenters. The number of ether oxygens (including phenoxy) is 1. The van der Waals surface area contributed by atoms with Crippen molar-refractivity contribution < 1.29 is 14.3 Å². The van der Waals surface area contributed by atoms with E-state index < -0.39 is 17.4 Å². The summed E-state index contributed by atoms with van der Waals surface area (Å²) in [6.07, 6.45) is 0.157.